The molecule has 0 spiro atoms. The molecule has 1 aliphatic carbocycles. The molecule has 0 N–H and O–H groups in total. The van der Waals surface area contributed by atoms with Crippen LogP contribution in [0.2, 0.25) is 0 Å². The molecule has 1 nitrogen and oxygen atoms in total. The summed E-state index contributed by atoms with van der Waals surface area (Å²) in [5.74, 6) is 0.500. The summed E-state index contributed by atoms with van der Waals surface area (Å²) in [6.45, 7) is 0. The molecular weight excluding hydrogens is 95.1 g/mol. The molecule has 0 radical (unpaired) electrons. The van der Waals surface area contributed by atoms with Gasteiger partial charge in [-0.25, -0.2) is 0 Å². The number of hydrogen-bond acceptors (Lipinski definition) is 1. The Labute approximate surface area is 41.7 Å². The lowest BCUT2D eigenvalue weighted by Gasteiger charge is -1.86. The average molecular weight is 102 g/mol. The Hall–Kier alpha value is -0.530. The zero-order valence-electron chi connectivity index (χ0n) is 3.98. The van der Waals surface area contributed by atoms with Crippen LogP contribution in [0.25, 0.3) is 0 Å². The van der Waals surface area contributed by atoms with Gasteiger partial charge in [0, 0.05) is 10.9 Å². The van der Waals surface area contributed by atoms with E-state index in [1.165, 1.54) is 0 Å². The lowest BCUT2D eigenvalue weighted by Crippen LogP contribution is -1.72. The van der Waals surface area contributed by atoms with Crippen molar-refractivity contribution in [3.05, 3.63) is 11.8 Å². The Morgan fingerprint density at radius 3 is 2.86 bits per heavy atom. The Kier molecular flexibility index (Phi) is 1.29. The maximum absolute atomic E-state index is 11.1. The van der Waals surface area contributed by atoms with Crippen molar-refractivity contribution in [3.63, 3.8) is 0 Å². The molecule has 1 rings (SSSR count). The number of halogens is 1. The summed E-state index contributed by atoms with van der Waals surface area (Å²) in [4.78, 5) is 3.47. The van der Waals surface area contributed by atoms with Gasteiger partial charge < -0.3 is 0 Å². The quantitative estimate of drug-likeness (QED) is 0.491. The highest BCUT2D eigenvalue weighted by Gasteiger charge is 2.03. The molecule has 2 heteroatoms. The molecule has 0 aromatic heterocycles. The van der Waals surface area contributed by atoms with E-state index in [4.69, 9.17) is 0 Å². The molecule has 0 aromatic carbocycles. The topological polar surface area (TPSA) is 9.23 Å². The third kappa shape index (κ3) is 0.918. The van der Waals surface area contributed by atoms with E-state index in [-0.39, 0.29) is 0 Å². The van der Waals surface area contributed by atoms with Gasteiger partial charge in [0.15, 0.2) is 0 Å². The highest BCUT2D eigenvalue weighted by atomic mass is 19.3. The van der Waals surface area contributed by atoms with Gasteiger partial charge in [0.1, 0.15) is 5.76 Å². The highest BCUT2D eigenvalue weighted by Crippen LogP contribution is 2.17. The molecule has 0 bridgehead atoms. The van der Waals surface area contributed by atoms with Crippen LogP contribution in [0.4, 0.5) is 4.53 Å². The zero-order chi connectivity index (χ0) is 5.11. The largest absolute Gasteiger partial charge is 0.299 e. The molecule has 0 fully saturated rings. The van der Waals surface area contributed by atoms with Crippen LogP contribution in [0.15, 0.2) is 11.8 Å². The van der Waals surface area contributed by atoms with E-state index in [0.717, 1.165) is 19.3 Å². The maximum atomic E-state index is 11.1. The van der Waals surface area contributed by atoms with E-state index < -0.39 is 0 Å². The summed E-state index contributed by atoms with van der Waals surface area (Å²) in [6, 6.07) is 0. The number of hydrogen-bond donors (Lipinski definition) is 0. The maximum Gasteiger partial charge on any atom is 0.145 e. The van der Waals surface area contributed by atoms with E-state index in [9.17, 15) is 4.53 Å². The van der Waals surface area contributed by atoms with Crippen molar-refractivity contribution in [1.82, 2.24) is 0 Å². The van der Waals surface area contributed by atoms with Crippen LogP contribution in [0.5, 0.6) is 0 Å². The van der Waals surface area contributed by atoms with Crippen molar-refractivity contribution in [1.29, 1.82) is 0 Å². The third-order valence-corrected chi connectivity index (χ3v) is 1.10. The molecule has 0 saturated carbocycles. The Morgan fingerprint density at radius 1 is 1.71 bits per heavy atom. The van der Waals surface area contributed by atoms with Crippen molar-refractivity contribution >= 4 is 0 Å². The van der Waals surface area contributed by atoms with Crippen molar-refractivity contribution in [2.45, 2.75) is 19.3 Å². The zero-order valence-corrected chi connectivity index (χ0v) is 3.98. The summed E-state index contributed by atoms with van der Waals surface area (Å²) in [6.07, 6.45) is 4.56. The monoisotopic (exact) mass is 102 g/mol. The van der Waals surface area contributed by atoms with Crippen LogP contribution >= 0.6 is 0 Å². The van der Waals surface area contributed by atoms with Gasteiger partial charge in [-0.2, -0.15) is 0 Å². The standard InChI is InChI=1S/C5H7FO/c6-7-5-3-1-2-4-5/h3H,1-2,4H2. The molecule has 40 valence electrons. The molecule has 0 saturated heterocycles. The summed E-state index contributed by atoms with van der Waals surface area (Å²) in [5, 5.41) is 0. The molecule has 7 heavy (non-hydrogen) atoms. The molecule has 0 aliphatic heterocycles. The molecule has 0 unspecified atom stereocenters. The number of allylic oxidation sites excluding steroid dienone is 2. The fraction of sp³-hybridized carbons (Fsp3) is 0.600. The Balaban J connectivity index is 2.36. The van der Waals surface area contributed by atoms with Crippen molar-refractivity contribution in [3.8, 4) is 0 Å². The SMILES string of the molecule is FOC1=CCCC1. The Morgan fingerprint density at radius 2 is 2.57 bits per heavy atom. The van der Waals surface area contributed by atoms with E-state index in [0.29, 0.717) is 5.76 Å². The van der Waals surface area contributed by atoms with Crippen LogP contribution in [-0.4, -0.2) is 0 Å². The molecule has 0 aromatic rings. The first-order chi connectivity index (χ1) is 3.43. The van der Waals surface area contributed by atoms with Crippen LogP contribution in [-0.2, 0) is 4.94 Å². The van der Waals surface area contributed by atoms with Gasteiger partial charge in [0.05, 0.1) is 0 Å². The van der Waals surface area contributed by atoms with Crippen LogP contribution in [0.1, 0.15) is 19.3 Å². The van der Waals surface area contributed by atoms with E-state index >= 15 is 0 Å². The minimum Gasteiger partial charge on any atom is -0.299 e. The second-order valence-electron chi connectivity index (χ2n) is 1.64. The van der Waals surface area contributed by atoms with Crippen LogP contribution in [0.3, 0.4) is 0 Å². The lowest BCUT2D eigenvalue weighted by atomic mass is 10.4. The van der Waals surface area contributed by atoms with Crippen molar-refractivity contribution < 1.29 is 9.47 Å². The van der Waals surface area contributed by atoms with E-state index in [1.54, 1.807) is 6.08 Å². The molecule has 0 amide bonds. The molecule has 0 atom stereocenters. The third-order valence-electron chi connectivity index (χ3n) is 1.10. The predicted molar refractivity (Wildman–Crippen MR) is 24.1 cm³/mol. The predicted octanol–water partition coefficient (Wildman–Crippen LogP) is 1.96. The van der Waals surface area contributed by atoms with E-state index in [1.807, 2.05) is 0 Å². The summed E-state index contributed by atoms with van der Waals surface area (Å²) in [7, 11) is 0. The fourth-order valence-corrected chi connectivity index (χ4v) is 0.711. The minimum atomic E-state index is 0.500. The first-order valence-electron chi connectivity index (χ1n) is 2.41. The van der Waals surface area contributed by atoms with Gasteiger partial charge in [0.25, 0.3) is 0 Å². The fourth-order valence-electron chi connectivity index (χ4n) is 0.711. The Bertz CT molecular complexity index is 88.1. The van der Waals surface area contributed by atoms with Crippen LogP contribution < -0.4 is 0 Å². The van der Waals surface area contributed by atoms with Gasteiger partial charge in [-0.15, -0.1) is 0 Å². The summed E-state index contributed by atoms with van der Waals surface area (Å²) >= 11 is 0. The minimum absolute atomic E-state index is 0.500. The average Bonchev–Trinajstić information content (AvgIpc) is 2.14. The summed E-state index contributed by atoms with van der Waals surface area (Å²) < 4.78 is 11.1. The number of rotatable bonds is 1. The first kappa shape index (κ1) is 4.62. The van der Waals surface area contributed by atoms with Crippen LogP contribution in [0, 0.1) is 0 Å². The first-order valence-corrected chi connectivity index (χ1v) is 2.41. The van der Waals surface area contributed by atoms with Gasteiger partial charge in [-0.1, -0.05) is 0 Å². The molecule has 1 aliphatic rings. The highest BCUT2D eigenvalue weighted by molar-refractivity contribution is 4.97. The second-order valence-corrected chi connectivity index (χ2v) is 1.64. The van der Waals surface area contributed by atoms with Gasteiger partial charge in [-0.05, 0) is 18.9 Å². The smallest absolute Gasteiger partial charge is 0.145 e. The normalized spacial score (nSPS) is 19.3. The lowest BCUT2D eigenvalue weighted by molar-refractivity contribution is -0.0852. The molecule has 0 heterocycles. The van der Waals surface area contributed by atoms with Crippen molar-refractivity contribution in [2.75, 3.05) is 0 Å². The second kappa shape index (κ2) is 1.96. The molecular formula is C5H7FO. The van der Waals surface area contributed by atoms with Gasteiger partial charge in [-0.3, -0.25) is 4.94 Å². The van der Waals surface area contributed by atoms with Crippen molar-refractivity contribution in [2.24, 2.45) is 0 Å². The summed E-state index contributed by atoms with van der Waals surface area (Å²) in [5.41, 5.74) is 0. The van der Waals surface area contributed by atoms with E-state index in [2.05, 4.69) is 4.94 Å². The van der Waals surface area contributed by atoms with Gasteiger partial charge in [0.2, 0.25) is 0 Å². The van der Waals surface area contributed by atoms with Gasteiger partial charge >= 0.3 is 0 Å².